The van der Waals surface area contributed by atoms with Crippen LogP contribution >= 0.6 is 0 Å². The lowest BCUT2D eigenvalue weighted by Crippen LogP contribution is -2.39. The number of morpholine rings is 1. The minimum atomic E-state index is -0.382. The van der Waals surface area contributed by atoms with Gasteiger partial charge >= 0.3 is 6.71 Å². The van der Waals surface area contributed by atoms with Crippen molar-refractivity contribution in [3.63, 3.8) is 0 Å². The van der Waals surface area contributed by atoms with E-state index in [1.165, 1.54) is 0 Å². The van der Waals surface area contributed by atoms with Gasteiger partial charge in [-0.15, -0.1) is 0 Å². The summed E-state index contributed by atoms with van der Waals surface area (Å²) in [6.07, 6.45) is 11.5. The fourth-order valence-electron chi connectivity index (χ4n) is 5.74. The topological polar surface area (TPSA) is 101 Å². The van der Waals surface area contributed by atoms with Gasteiger partial charge in [-0.05, 0) is 47.1 Å². The molecule has 0 atom stereocenters. The minimum absolute atomic E-state index is 0.107. The molecule has 10 heteroatoms. The first-order valence-electron chi connectivity index (χ1n) is 14.3. The molecule has 0 radical (unpaired) electrons. The predicted octanol–water partition coefficient (Wildman–Crippen LogP) is 3.54. The molecule has 5 aromatic heterocycles. The van der Waals surface area contributed by atoms with E-state index >= 15 is 0 Å². The van der Waals surface area contributed by atoms with Gasteiger partial charge in [-0.25, -0.2) is 10.2 Å². The maximum absolute atomic E-state index is 13.4. The molecule has 1 saturated heterocycles. The molecule has 0 aliphatic carbocycles. The Labute approximate surface area is 248 Å². The van der Waals surface area contributed by atoms with Gasteiger partial charge in [0.1, 0.15) is 5.65 Å². The van der Waals surface area contributed by atoms with Gasteiger partial charge in [-0.2, -0.15) is 0 Å². The summed E-state index contributed by atoms with van der Waals surface area (Å²) in [5.41, 5.74) is 6.23. The number of fused-ring (bicyclic) bond motifs is 2. The van der Waals surface area contributed by atoms with Gasteiger partial charge in [0, 0.05) is 73.1 Å². The number of nitrogens with zero attached hydrogens (tertiary/aromatic N) is 7. The highest BCUT2D eigenvalue weighted by Crippen LogP contribution is 2.26. The van der Waals surface area contributed by atoms with E-state index in [0.717, 1.165) is 57.8 Å². The number of pyridine rings is 4. The number of hydrogen-bond donors (Lipinski definition) is 0. The van der Waals surface area contributed by atoms with Crippen molar-refractivity contribution >= 4 is 34.4 Å². The molecule has 0 bridgehead atoms. The molecule has 210 valence electrons. The van der Waals surface area contributed by atoms with E-state index in [1.54, 1.807) is 23.2 Å². The fourth-order valence-corrected chi connectivity index (χ4v) is 5.74. The van der Waals surface area contributed by atoms with Gasteiger partial charge in [-0.1, -0.05) is 36.4 Å². The van der Waals surface area contributed by atoms with Gasteiger partial charge < -0.3 is 18.6 Å². The third kappa shape index (κ3) is 5.38. The average Bonchev–Trinajstić information content (AvgIpc) is 3.47. The van der Waals surface area contributed by atoms with Crippen LogP contribution in [0, 0.1) is 11.2 Å². The summed E-state index contributed by atoms with van der Waals surface area (Å²) in [5, 5.41) is 11.5. The van der Waals surface area contributed by atoms with E-state index in [2.05, 4.69) is 20.8 Å². The first kappa shape index (κ1) is 26.6. The molecule has 43 heavy (non-hydrogen) atoms. The van der Waals surface area contributed by atoms with Gasteiger partial charge in [0.2, 0.25) is 0 Å². The van der Waals surface area contributed by atoms with E-state index in [0.29, 0.717) is 31.5 Å². The van der Waals surface area contributed by atoms with Crippen LogP contribution in [0.4, 0.5) is 5.69 Å². The van der Waals surface area contributed by atoms with E-state index in [9.17, 15) is 10.1 Å². The van der Waals surface area contributed by atoms with Crippen LogP contribution in [-0.4, -0.2) is 56.9 Å². The zero-order valence-electron chi connectivity index (χ0n) is 23.5. The van der Waals surface area contributed by atoms with Crippen molar-refractivity contribution in [2.75, 3.05) is 31.2 Å². The van der Waals surface area contributed by atoms with Gasteiger partial charge in [-0.3, -0.25) is 14.8 Å². The SMILES string of the molecule is N#CB(Cc1ccc2nc(Cn3ccc4c(-c5ccccc5)cncc4c3=O)cn2c1)c1cc(N2CCOCC2)ccn1. The summed E-state index contributed by atoms with van der Waals surface area (Å²) in [4.78, 5) is 29.3. The van der Waals surface area contributed by atoms with Gasteiger partial charge in [0.25, 0.3) is 5.56 Å². The molecule has 6 aromatic rings. The lowest BCUT2D eigenvalue weighted by molar-refractivity contribution is 0.122. The second kappa shape index (κ2) is 11.5. The van der Waals surface area contributed by atoms with E-state index < -0.39 is 0 Å². The molecule has 0 saturated carbocycles. The Morgan fingerprint density at radius 1 is 0.977 bits per heavy atom. The second-order valence-corrected chi connectivity index (χ2v) is 10.7. The highest BCUT2D eigenvalue weighted by molar-refractivity contribution is 6.78. The number of nitriles is 1. The molecule has 7 rings (SSSR count). The zero-order valence-corrected chi connectivity index (χ0v) is 23.5. The van der Waals surface area contributed by atoms with Gasteiger partial charge in [0.15, 0.2) is 0 Å². The highest BCUT2D eigenvalue weighted by atomic mass is 16.5. The molecule has 1 fully saturated rings. The molecule has 0 amide bonds. The average molecular weight is 565 g/mol. The van der Waals surface area contributed by atoms with Crippen LogP contribution in [-0.2, 0) is 17.6 Å². The number of anilines is 1. The molecule has 1 aromatic carbocycles. The summed E-state index contributed by atoms with van der Waals surface area (Å²) in [6, 6.07) is 19.9. The summed E-state index contributed by atoms with van der Waals surface area (Å²) in [7, 11) is 0. The third-order valence-corrected chi connectivity index (χ3v) is 7.97. The van der Waals surface area contributed by atoms with Crippen molar-refractivity contribution in [2.45, 2.75) is 12.9 Å². The number of hydrogen-bond acceptors (Lipinski definition) is 7. The molecule has 0 N–H and O–H groups in total. The van der Waals surface area contributed by atoms with Crippen molar-refractivity contribution < 1.29 is 4.74 Å². The Balaban J connectivity index is 1.12. The second-order valence-electron chi connectivity index (χ2n) is 10.7. The summed E-state index contributed by atoms with van der Waals surface area (Å²) < 4.78 is 9.10. The number of aromatic nitrogens is 5. The van der Waals surface area contributed by atoms with Crippen molar-refractivity contribution in [1.82, 2.24) is 23.9 Å². The quantitative estimate of drug-likeness (QED) is 0.273. The summed E-state index contributed by atoms with van der Waals surface area (Å²) in [5.74, 6) is 2.44. The molecule has 9 nitrogen and oxygen atoms in total. The molecule has 1 aliphatic rings. The maximum atomic E-state index is 13.4. The van der Waals surface area contributed by atoms with Crippen molar-refractivity contribution in [3.05, 3.63) is 119 Å². The molecule has 6 heterocycles. The first-order chi connectivity index (χ1) is 21.2. The number of imidazole rings is 1. The van der Waals surface area contributed by atoms with Crippen LogP contribution in [0.5, 0.6) is 0 Å². The molecular formula is C33H28BN7O2. The molecule has 0 spiro atoms. The minimum Gasteiger partial charge on any atom is -0.378 e. The Bertz CT molecular complexity index is 2030. The number of benzene rings is 1. The Kier molecular flexibility index (Phi) is 7.15. The van der Waals surface area contributed by atoms with Crippen molar-refractivity contribution in [3.8, 4) is 17.1 Å². The largest absolute Gasteiger partial charge is 0.378 e. The summed E-state index contributed by atoms with van der Waals surface area (Å²) >= 11 is 0. The van der Waals surface area contributed by atoms with Crippen LogP contribution in [0.15, 0.2) is 103 Å². The first-order valence-corrected chi connectivity index (χ1v) is 14.3. The number of rotatable bonds is 7. The Morgan fingerprint density at radius 2 is 1.84 bits per heavy atom. The Morgan fingerprint density at radius 3 is 2.67 bits per heavy atom. The molecule has 1 aliphatic heterocycles. The van der Waals surface area contributed by atoms with Crippen LogP contribution in [0.3, 0.4) is 0 Å². The van der Waals surface area contributed by atoms with E-state index in [4.69, 9.17) is 9.72 Å². The molecular weight excluding hydrogens is 537 g/mol. The van der Waals surface area contributed by atoms with Crippen LogP contribution in [0.2, 0.25) is 0 Å². The van der Waals surface area contributed by atoms with E-state index in [-0.39, 0.29) is 12.3 Å². The van der Waals surface area contributed by atoms with E-state index in [1.807, 2.05) is 83.7 Å². The number of ether oxygens (including phenoxy) is 1. The standard InChI is InChI=1S/C33H28BN7O2/c35-23-34(31-16-27(8-10-37-31)39-12-14-43-15-13-39)17-24-6-7-32-38-26(22-41(32)20-24)21-40-11-9-28-29(25-4-2-1-3-5-25)18-36-19-30(28)33(40)42/h1-11,16,18-20,22H,12-15,17,21H2. The fraction of sp³-hybridized carbons (Fsp3) is 0.182. The normalized spacial score (nSPS) is 13.3. The zero-order chi connectivity index (χ0) is 29.2. The summed E-state index contributed by atoms with van der Waals surface area (Å²) in [6.45, 7) is 3.02. The maximum Gasteiger partial charge on any atom is 0.326 e. The van der Waals surface area contributed by atoms with Crippen LogP contribution < -0.4 is 16.1 Å². The van der Waals surface area contributed by atoms with Gasteiger partial charge in [0.05, 0.1) is 30.8 Å². The van der Waals surface area contributed by atoms with Crippen molar-refractivity contribution in [2.24, 2.45) is 0 Å². The predicted molar refractivity (Wildman–Crippen MR) is 168 cm³/mol. The molecule has 0 unspecified atom stereocenters. The van der Waals surface area contributed by atoms with Crippen molar-refractivity contribution in [1.29, 1.82) is 5.26 Å². The highest BCUT2D eigenvalue weighted by Gasteiger charge is 2.22. The smallest absolute Gasteiger partial charge is 0.326 e. The lowest BCUT2D eigenvalue weighted by atomic mass is 9.45. The van der Waals surface area contributed by atoms with Crippen LogP contribution in [0.25, 0.3) is 27.5 Å². The third-order valence-electron chi connectivity index (χ3n) is 7.97. The monoisotopic (exact) mass is 565 g/mol. The Hall–Kier alpha value is -5.27. The lowest BCUT2D eigenvalue weighted by Gasteiger charge is -2.29. The van der Waals surface area contributed by atoms with Crippen LogP contribution in [0.1, 0.15) is 11.3 Å².